The van der Waals surface area contributed by atoms with Crippen molar-refractivity contribution in [2.45, 2.75) is 32.6 Å². The Morgan fingerprint density at radius 2 is 2.00 bits per heavy atom. The van der Waals surface area contributed by atoms with Crippen LogP contribution in [0.1, 0.15) is 31.7 Å². The minimum Gasteiger partial charge on any atom is -0.375 e. The lowest BCUT2D eigenvalue weighted by Gasteiger charge is -2.20. The van der Waals surface area contributed by atoms with Gasteiger partial charge in [-0.2, -0.15) is 0 Å². The molecule has 96 valence electrons. The van der Waals surface area contributed by atoms with Crippen LogP contribution in [0, 0.1) is 5.82 Å². The average Bonchev–Trinajstić information content (AvgIpc) is 2.29. The molecule has 1 rings (SSSR count). The zero-order chi connectivity index (χ0) is 12.7. The highest BCUT2D eigenvalue weighted by Crippen LogP contribution is 2.18. The molecule has 0 radical (unpaired) electrons. The predicted molar refractivity (Wildman–Crippen MR) is 72.0 cm³/mol. The molecule has 0 amide bonds. The topological polar surface area (TPSA) is 29.3 Å². The molecule has 0 saturated heterocycles. The highest BCUT2D eigenvalue weighted by atomic mass is 19.1. The van der Waals surface area contributed by atoms with Gasteiger partial charge in [0, 0.05) is 19.3 Å². The molecule has 0 saturated carbocycles. The quantitative estimate of drug-likeness (QED) is 0.740. The number of nitrogens with two attached hydrogens (primary N) is 1. The first-order valence-electron chi connectivity index (χ1n) is 6.38. The number of anilines is 1. The molecule has 0 unspecified atom stereocenters. The fourth-order valence-corrected chi connectivity index (χ4v) is 1.89. The van der Waals surface area contributed by atoms with Crippen LogP contribution in [0.3, 0.4) is 0 Å². The van der Waals surface area contributed by atoms with E-state index in [1.807, 2.05) is 13.1 Å². The third-order valence-corrected chi connectivity index (χ3v) is 2.91. The summed E-state index contributed by atoms with van der Waals surface area (Å²) in [6, 6.07) is 5.18. The van der Waals surface area contributed by atoms with Crippen molar-refractivity contribution in [3.8, 4) is 0 Å². The van der Waals surface area contributed by atoms with Crippen LogP contribution in [0.15, 0.2) is 18.2 Å². The highest BCUT2D eigenvalue weighted by Gasteiger charge is 2.05. The van der Waals surface area contributed by atoms with Crippen molar-refractivity contribution in [3.63, 3.8) is 0 Å². The van der Waals surface area contributed by atoms with E-state index in [9.17, 15) is 4.39 Å². The van der Waals surface area contributed by atoms with Crippen molar-refractivity contribution in [1.82, 2.24) is 0 Å². The fourth-order valence-electron chi connectivity index (χ4n) is 1.89. The Bertz CT molecular complexity index is 339. The maximum atomic E-state index is 13.4. The van der Waals surface area contributed by atoms with Crippen LogP contribution in [0.2, 0.25) is 0 Å². The zero-order valence-electron chi connectivity index (χ0n) is 10.9. The van der Waals surface area contributed by atoms with Crippen molar-refractivity contribution >= 4 is 5.69 Å². The van der Waals surface area contributed by atoms with Gasteiger partial charge in [-0.3, -0.25) is 0 Å². The molecular weight excluding hydrogens is 215 g/mol. The maximum absolute atomic E-state index is 13.4. The predicted octanol–water partition coefficient (Wildman–Crippen LogP) is 2.95. The molecule has 0 aromatic heterocycles. The van der Waals surface area contributed by atoms with Gasteiger partial charge in [0.15, 0.2) is 0 Å². The monoisotopic (exact) mass is 238 g/mol. The van der Waals surface area contributed by atoms with E-state index >= 15 is 0 Å². The zero-order valence-corrected chi connectivity index (χ0v) is 10.9. The van der Waals surface area contributed by atoms with Crippen molar-refractivity contribution < 1.29 is 4.39 Å². The van der Waals surface area contributed by atoms with Gasteiger partial charge >= 0.3 is 0 Å². The lowest BCUT2D eigenvalue weighted by molar-refractivity contribution is 0.623. The van der Waals surface area contributed by atoms with Gasteiger partial charge in [0.1, 0.15) is 5.82 Å². The fraction of sp³-hybridized carbons (Fsp3) is 0.571. The van der Waals surface area contributed by atoms with E-state index in [1.54, 1.807) is 12.1 Å². The van der Waals surface area contributed by atoms with Gasteiger partial charge in [-0.15, -0.1) is 0 Å². The molecule has 17 heavy (non-hydrogen) atoms. The average molecular weight is 238 g/mol. The number of benzene rings is 1. The summed E-state index contributed by atoms with van der Waals surface area (Å²) in [4.78, 5) is 2.11. The van der Waals surface area contributed by atoms with Gasteiger partial charge < -0.3 is 10.6 Å². The molecule has 0 heterocycles. The first-order valence-corrected chi connectivity index (χ1v) is 6.38. The number of hydrogen-bond acceptors (Lipinski definition) is 2. The van der Waals surface area contributed by atoms with Crippen molar-refractivity contribution in [2.75, 3.05) is 25.0 Å². The Kier molecular flexibility index (Phi) is 5.98. The summed E-state index contributed by atoms with van der Waals surface area (Å²) in [5, 5.41) is 0. The lowest BCUT2D eigenvalue weighted by Crippen LogP contribution is -2.19. The Morgan fingerprint density at radius 1 is 1.24 bits per heavy atom. The molecule has 3 heteroatoms. The molecule has 0 aliphatic heterocycles. The standard InChI is InChI=1S/C14H23FN2/c1-3-4-5-8-17(2)14-10-12(6-7-16)9-13(15)11-14/h9-11H,3-8,16H2,1-2H3. The van der Waals surface area contributed by atoms with Crippen LogP contribution in [-0.4, -0.2) is 20.1 Å². The highest BCUT2D eigenvalue weighted by molar-refractivity contribution is 5.48. The van der Waals surface area contributed by atoms with Gasteiger partial charge in [0.2, 0.25) is 0 Å². The summed E-state index contributed by atoms with van der Waals surface area (Å²) in [5.41, 5.74) is 7.42. The van der Waals surface area contributed by atoms with Crippen LogP contribution in [0.5, 0.6) is 0 Å². The number of nitrogens with zero attached hydrogens (tertiary/aromatic N) is 1. The molecule has 0 atom stereocenters. The minimum atomic E-state index is -0.173. The van der Waals surface area contributed by atoms with E-state index in [1.165, 1.54) is 12.8 Å². The Balaban J connectivity index is 2.67. The summed E-state index contributed by atoms with van der Waals surface area (Å²) in [5.74, 6) is -0.173. The van der Waals surface area contributed by atoms with E-state index in [0.29, 0.717) is 6.54 Å². The van der Waals surface area contributed by atoms with Gasteiger partial charge in [-0.25, -0.2) is 4.39 Å². The number of hydrogen-bond donors (Lipinski definition) is 1. The summed E-state index contributed by atoms with van der Waals surface area (Å²) < 4.78 is 13.4. The van der Waals surface area contributed by atoms with E-state index in [0.717, 1.165) is 30.6 Å². The first-order chi connectivity index (χ1) is 8.17. The molecule has 0 aliphatic rings. The molecule has 0 spiro atoms. The molecular formula is C14H23FN2. The summed E-state index contributed by atoms with van der Waals surface area (Å²) in [7, 11) is 2.01. The number of rotatable bonds is 7. The molecule has 2 N–H and O–H groups in total. The number of unbranched alkanes of at least 4 members (excludes halogenated alkanes) is 2. The smallest absolute Gasteiger partial charge is 0.125 e. The Labute approximate surface area is 104 Å². The van der Waals surface area contributed by atoms with Crippen molar-refractivity contribution in [1.29, 1.82) is 0 Å². The maximum Gasteiger partial charge on any atom is 0.125 e. The van der Waals surface area contributed by atoms with Crippen molar-refractivity contribution in [3.05, 3.63) is 29.6 Å². The van der Waals surface area contributed by atoms with Crippen LogP contribution >= 0.6 is 0 Å². The van der Waals surface area contributed by atoms with Crippen LogP contribution in [0.25, 0.3) is 0 Å². The number of halogens is 1. The molecule has 2 nitrogen and oxygen atoms in total. The molecule has 0 aliphatic carbocycles. The minimum absolute atomic E-state index is 0.173. The van der Waals surface area contributed by atoms with Gasteiger partial charge in [-0.1, -0.05) is 19.8 Å². The van der Waals surface area contributed by atoms with Gasteiger partial charge in [0.25, 0.3) is 0 Å². The lowest BCUT2D eigenvalue weighted by atomic mass is 10.1. The SMILES string of the molecule is CCCCCN(C)c1cc(F)cc(CCN)c1. The molecule has 1 aromatic rings. The summed E-state index contributed by atoms with van der Waals surface area (Å²) in [6.07, 6.45) is 4.30. The van der Waals surface area contributed by atoms with E-state index in [2.05, 4.69) is 11.8 Å². The van der Waals surface area contributed by atoms with E-state index in [-0.39, 0.29) is 5.82 Å². The largest absolute Gasteiger partial charge is 0.375 e. The Morgan fingerprint density at radius 3 is 2.65 bits per heavy atom. The first kappa shape index (κ1) is 14.0. The second-order valence-electron chi connectivity index (χ2n) is 4.49. The van der Waals surface area contributed by atoms with Crippen molar-refractivity contribution in [2.24, 2.45) is 5.73 Å². The van der Waals surface area contributed by atoms with Crippen LogP contribution in [0.4, 0.5) is 10.1 Å². The normalized spacial score (nSPS) is 10.6. The van der Waals surface area contributed by atoms with E-state index in [4.69, 9.17) is 5.73 Å². The second-order valence-corrected chi connectivity index (χ2v) is 4.49. The summed E-state index contributed by atoms with van der Waals surface area (Å²) in [6.45, 7) is 3.71. The molecule has 0 fully saturated rings. The third-order valence-electron chi connectivity index (χ3n) is 2.91. The van der Waals surface area contributed by atoms with Gasteiger partial charge in [-0.05, 0) is 43.1 Å². The summed E-state index contributed by atoms with van der Waals surface area (Å²) >= 11 is 0. The van der Waals surface area contributed by atoms with Crippen LogP contribution in [-0.2, 0) is 6.42 Å². The third kappa shape index (κ3) is 4.73. The molecule has 0 bridgehead atoms. The Hall–Kier alpha value is -1.09. The molecule has 1 aromatic carbocycles. The second kappa shape index (κ2) is 7.28. The van der Waals surface area contributed by atoms with Crippen LogP contribution < -0.4 is 10.6 Å². The van der Waals surface area contributed by atoms with E-state index < -0.39 is 0 Å². The van der Waals surface area contributed by atoms with Gasteiger partial charge in [0.05, 0.1) is 0 Å².